The van der Waals surface area contributed by atoms with E-state index in [0.29, 0.717) is 6.61 Å². The molecule has 0 bridgehead atoms. The number of hydrogen-bond donors (Lipinski definition) is 0. The van der Waals surface area contributed by atoms with E-state index in [1.54, 1.807) is 0 Å². The second kappa shape index (κ2) is 7.64. The zero-order chi connectivity index (χ0) is 15.1. The summed E-state index contributed by atoms with van der Waals surface area (Å²) in [6.07, 6.45) is -0.0577. The van der Waals surface area contributed by atoms with Crippen LogP contribution in [-0.2, 0) is 0 Å². The van der Waals surface area contributed by atoms with E-state index in [-0.39, 0.29) is 30.0 Å². The molecule has 0 fully saturated rings. The molecule has 2 aromatic rings. The van der Waals surface area contributed by atoms with E-state index in [2.05, 4.69) is 15.0 Å². The molecule has 0 aliphatic heterocycles. The van der Waals surface area contributed by atoms with Crippen molar-refractivity contribution in [2.75, 3.05) is 13.2 Å². The van der Waals surface area contributed by atoms with Crippen LogP contribution < -0.4 is 14.2 Å². The summed E-state index contributed by atoms with van der Waals surface area (Å²) in [6.45, 7) is 4.39. The summed E-state index contributed by atoms with van der Waals surface area (Å²) < 4.78 is 16.2. The molecule has 0 N–H and O–H groups in total. The first-order valence-corrected chi connectivity index (χ1v) is 6.90. The van der Waals surface area contributed by atoms with E-state index in [0.717, 1.165) is 5.75 Å². The molecular weight excluding hydrogens is 294 g/mol. The van der Waals surface area contributed by atoms with E-state index in [1.807, 2.05) is 44.2 Å². The molecule has 7 heteroatoms. The van der Waals surface area contributed by atoms with Crippen LogP contribution in [0.3, 0.4) is 0 Å². The molecule has 1 aromatic carbocycles. The molecule has 6 nitrogen and oxygen atoms in total. The van der Waals surface area contributed by atoms with Gasteiger partial charge in [0, 0.05) is 0 Å². The molecule has 0 atom stereocenters. The van der Waals surface area contributed by atoms with Gasteiger partial charge in [-0.1, -0.05) is 18.2 Å². The van der Waals surface area contributed by atoms with Gasteiger partial charge in [0.05, 0.1) is 6.10 Å². The maximum absolute atomic E-state index is 5.79. The fraction of sp³-hybridized carbons (Fsp3) is 0.357. The summed E-state index contributed by atoms with van der Waals surface area (Å²) in [6, 6.07) is 9.72. The average Bonchev–Trinajstić information content (AvgIpc) is 2.43. The number of halogens is 1. The van der Waals surface area contributed by atoms with Crippen LogP contribution in [-0.4, -0.2) is 34.3 Å². The third-order valence-corrected chi connectivity index (χ3v) is 2.40. The quantitative estimate of drug-likeness (QED) is 0.733. The molecule has 0 unspecified atom stereocenters. The maximum Gasteiger partial charge on any atom is 0.324 e. The van der Waals surface area contributed by atoms with Crippen molar-refractivity contribution in [2.24, 2.45) is 0 Å². The first kappa shape index (κ1) is 15.3. The second-order valence-corrected chi connectivity index (χ2v) is 4.68. The van der Waals surface area contributed by atoms with E-state index in [4.69, 9.17) is 25.8 Å². The Hall–Kier alpha value is -2.08. The zero-order valence-corrected chi connectivity index (χ0v) is 12.6. The molecule has 1 heterocycles. The molecule has 0 radical (unpaired) electrons. The number of nitrogens with zero attached hydrogens (tertiary/aromatic N) is 3. The highest BCUT2D eigenvalue weighted by molar-refractivity contribution is 6.28. The third-order valence-electron chi connectivity index (χ3n) is 2.23. The highest BCUT2D eigenvalue weighted by atomic mass is 35.5. The lowest BCUT2D eigenvalue weighted by atomic mass is 10.3. The first-order valence-electron chi connectivity index (χ1n) is 6.52. The van der Waals surface area contributed by atoms with Crippen LogP contribution in [0, 0.1) is 0 Å². The van der Waals surface area contributed by atoms with Gasteiger partial charge in [-0.25, -0.2) is 0 Å². The lowest BCUT2D eigenvalue weighted by Gasteiger charge is -2.10. The first-order chi connectivity index (χ1) is 10.1. The van der Waals surface area contributed by atoms with Crippen LogP contribution in [0.25, 0.3) is 0 Å². The van der Waals surface area contributed by atoms with E-state index in [1.165, 1.54) is 0 Å². The van der Waals surface area contributed by atoms with E-state index < -0.39 is 0 Å². The molecule has 0 aliphatic carbocycles. The highest BCUT2D eigenvalue weighted by Crippen LogP contribution is 2.14. The smallest absolute Gasteiger partial charge is 0.324 e. The Morgan fingerprint density at radius 1 is 0.952 bits per heavy atom. The van der Waals surface area contributed by atoms with Crippen molar-refractivity contribution in [1.82, 2.24) is 15.0 Å². The minimum absolute atomic E-state index is 0.0274. The van der Waals surface area contributed by atoms with Crippen molar-refractivity contribution in [3.63, 3.8) is 0 Å². The Bertz CT molecular complexity index is 567. The van der Waals surface area contributed by atoms with Gasteiger partial charge >= 0.3 is 12.0 Å². The molecule has 0 saturated carbocycles. The predicted octanol–water partition coefficient (Wildman–Crippen LogP) is 2.77. The van der Waals surface area contributed by atoms with Crippen LogP contribution in [0.1, 0.15) is 13.8 Å². The largest absolute Gasteiger partial charge is 0.490 e. The monoisotopic (exact) mass is 309 g/mol. The van der Waals surface area contributed by atoms with Crippen LogP contribution >= 0.6 is 11.6 Å². The van der Waals surface area contributed by atoms with E-state index >= 15 is 0 Å². The number of aromatic nitrogens is 3. The molecule has 0 amide bonds. The Balaban J connectivity index is 1.84. The molecular formula is C14H16ClN3O3. The van der Waals surface area contributed by atoms with Crippen molar-refractivity contribution in [3.8, 4) is 17.8 Å². The second-order valence-electron chi connectivity index (χ2n) is 4.35. The topological polar surface area (TPSA) is 66.4 Å². The highest BCUT2D eigenvalue weighted by Gasteiger charge is 2.08. The van der Waals surface area contributed by atoms with Crippen molar-refractivity contribution in [3.05, 3.63) is 35.6 Å². The van der Waals surface area contributed by atoms with Crippen LogP contribution in [0.4, 0.5) is 0 Å². The van der Waals surface area contributed by atoms with Gasteiger partial charge in [-0.15, -0.1) is 4.98 Å². The van der Waals surface area contributed by atoms with Crippen LogP contribution in [0.5, 0.6) is 17.8 Å². The SMILES string of the molecule is CC(C)Oc1nc(Cl)nc(OCCOc2ccccc2)n1. The molecule has 112 valence electrons. The van der Waals surface area contributed by atoms with E-state index in [9.17, 15) is 0 Å². The van der Waals surface area contributed by atoms with Gasteiger partial charge in [0.25, 0.3) is 0 Å². The Labute approximate surface area is 128 Å². The minimum Gasteiger partial charge on any atom is -0.490 e. The number of para-hydroxylation sites is 1. The summed E-state index contributed by atoms with van der Waals surface area (Å²) in [5.74, 6) is 0.776. The number of ether oxygens (including phenoxy) is 3. The molecule has 0 saturated heterocycles. The van der Waals surface area contributed by atoms with Gasteiger partial charge in [0.1, 0.15) is 19.0 Å². The summed E-state index contributed by atoms with van der Waals surface area (Å²) in [7, 11) is 0. The van der Waals surface area contributed by atoms with Crippen molar-refractivity contribution >= 4 is 11.6 Å². The lowest BCUT2D eigenvalue weighted by molar-refractivity contribution is 0.192. The van der Waals surface area contributed by atoms with Crippen LogP contribution in [0.15, 0.2) is 30.3 Å². The minimum atomic E-state index is -0.0577. The maximum atomic E-state index is 5.79. The lowest BCUT2D eigenvalue weighted by Crippen LogP contribution is -2.13. The zero-order valence-electron chi connectivity index (χ0n) is 11.8. The van der Waals surface area contributed by atoms with Gasteiger partial charge in [-0.3, -0.25) is 0 Å². The van der Waals surface area contributed by atoms with Crippen LogP contribution in [0.2, 0.25) is 5.28 Å². The van der Waals surface area contributed by atoms with Crippen molar-refractivity contribution in [2.45, 2.75) is 20.0 Å². The fourth-order valence-electron chi connectivity index (χ4n) is 1.45. The number of benzene rings is 1. The third kappa shape index (κ3) is 5.43. The number of hydrogen-bond acceptors (Lipinski definition) is 6. The standard InChI is InChI=1S/C14H16ClN3O3/c1-10(2)21-14-17-12(15)16-13(18-14)20-9-8-19-11-6-4-3-5-7-11/h3-7,10H,8-9H2,1-2H3. The van der Waals surface area contributed by atoms with Crippen molar-refractivity contribution < 1.29 is 14.2 Å². The summed E-state index contributed by atoms with van der Waals surface area (Å²) >= 11 is 5.79. The van der Waals surface area contributed by atoms with Gasteiger partial charge in [0.2, 0.25) is 5.28 Å². The summed E-state index contributed by atoms with van der Waals surface area (Å²) in [5.41, 5.74) is 0. The van der Waals surface area contributed by atoms with Gasteiger partial charge in [0.15, 0.2) is 0 Å². The summed E-state index contributed by atoms with van der Waals surface area (Å²) in [4.78, 5) is 11.7. The Morgan fingerprint density at radius 2 is 1.62 bits per heavy atom. The number of rotatable bonds is 7. The predicted molar refractivity (Wildman–Crippen MR) is 78.0 cm³/mol. The molecule has 21 heavy (non-hydrogen) atoms. The normalized spacial score (nSPS) is 10.5. The molecule has 0 spiro atoms. The van der Waals surface area contributed by atoms with Gasteiger partial charge in [-0.2, -0.15) is 9.97 Å². The molecule has 1 aromatic heterocycles. The molecule has 2 rings (SSSR count). The average molecular weight is 310 g/mol. The summed E-state index contributed by atoms with van der Waals surface area (Å²) in [5, 5.41) is 0.0274. The molecule has 0 aliphatic rings. The fourth-order valence-corrected chi connectivity index (χ4v) is 1.60. The Morgan fingerprint density at radius 3 is 2.33 bits per heavy atom. The van der Waals surface area contributed by atoms with Crippen molar-refractivity contribution in [1.29, 1.82) is 0 Å². The van der Waals surface area contributed by atoms with Gasteiger partial charge in [-0.05, 0) is 37.6 Å². The Kier molecular flexibility index (Phi) is 5.57. The van der Waals surface area contributed by atoms with Gasteiger partial charge < -0.3 is 14.2 Å².